The number of ether oxygens (including phenoxy) is 2. The zero-order valence-corrected chi connectivity index (χ0v) is 37.7. The van der Waals surface area contributed by atoms with E-state index in [1.807, 2.05) is 21.6 Å². The molecule has 0 radical (unpaired) electrons. The summed E-state index contributed by atoms with van der Waals surface area (Å²) in [6.45, 7) is 4.12. The molecule has 1 amide bonds. The number of aliphatic hydroxyl groups excluding tert-OH is 2. The van der Waals surface area contributed by atoms with Crippen molar-refractivity contribution in [1.29, 1.82) is 0 Å². The molecule has 4 aliphatic heterocycles. The number of nitrogens with one attached hydrogen (secondary N) is 2. The molecule has 6 fully saturated rings. The van der Waals surface area contributed by atoms with Crippen LogP contribution in [0, 0.1) is 29.1 Å². The monoisotopic (exact) mass is 863 g/mol. The molecule has 6 unspecified atom stereocenters. The van der Waals surface area contributed by atoms with Crippen LogP contribution in [0.4, 0.5) is 0 Å². The van der Waals surface area contributed by atoms with Gasteiger partial charge in [-0.2, -0.15) is 0 Å². The van der Waals surface area contributed by atoms with Gasteiger partial charge in [-0.25, -0.2) is 0 Å². The normalized spacial score (nSPS) is 39.8. The SMILES string of the molecule is CC(=O)O[C@@]12CCC3CC(CN4C[C@](CC5CCNC(N)C5)(CCN=C(N)NC5(CCCC5)SSCCCCC[C@@H](CC1)[C@H](O)C2)CC4=O)C(O)C(OC1CCCC1)C3. The Morgan fingerprint density at radius 1 is 0.932 bits per heavy atom. The summed E-state index contributed by atoms with van der Waals surface area (Å²) in [5.41, 5.74) is 12.2. The van der Waals surface area contributed by atoms with Crippen LogP contribution in [0.15, 0.2) is 4.99 Å². The molecule has 8 N–H and O–H groups in total. The molecule has 8 aliphatic rings. The number of piperidine rings is 1. The van der Waals surface area contributed by atoms with Gasteiger partial charge in [0.1, 0.15) is 5.60 Å². The lowest BCUT2D eigenvalue weighted by molar-refractivity contribution is -0.170. The van der Waals surface area contributed by atoms with E-state index >= 15 is 0 Å². The number of hydrogen-bond donors (Lipinski definition) is 6. The van der Waals surface area contributed by atoms with Crippen LogP contribution in [0.5, 0.6) is 0 Å². The summed E-state index contributed by atoms with van der Waals surface area (Å²) in [4.78, 5) is 33.7. The summed E-state index contributed by atoms with van der Waals surface area (Å²) >= 11 is 0. The van der Waals surface area contributed by atoms with Crippen molar-refractivity contribution in [2.75, 3.05) is 31.9 Å². The molecule has 12 nitrogen and oxygen atoms in total. The second-order valence-corrected chi connectivity index (χ2v) is 23.1. The third-order valence-electron chi connectivity index (χ3n) is 15.5. The van der Waals surface area contributed by atoms with E-state index in [9.17, 15) is 19.8 Å². The molecule has 14 heteroatoms. The smallest absolute Gasteiger partial charge is 0.303 e. The average Bonchev–Trinajstić information content (AvgIpc) is 3.94. The summed E-state index contributed by atoms with van der Waals surface area (Å²) in [7, 11) is 3.87. The fraction of sp³-hybridized carbons (Fsp3) is 0.933. The zero-order chi connectivity index (χ0) is 41.5. The largest absolute Gasteiger partial charge is 0.459 e. The third kappa shape index (κ3) is 12.5. The summed E-state index contributed by atoms with van der Waals surface area (Å²) in [6, 6.07) is 0. The molecular formula is C45H78N6O6S2. The molecule has 1 spiro atoms. The lowest BCUT2D eigenvalue weighted by atomic mass is 9.70. The number of amides is 1. The Morgan fingerprint density at radius 2 is 1.71 bits per heavy atom. The van der Waals surface area contributed by atoms with Gasteiger partial charge in [0.15, 0.2) is 5.96 Å². The first kappa shape index (κ1) is 45.7. The first-order chi connectivity index (χ1) is 28.4. The van der Waals surface area contributed by atoms with Crippen LogP contribution in [0.3, 0.4) is 0 Å². The predicted molar refractivity (Wildman–Crippen MR) is 237 cm³/mol. The number of fused-ring (bicyclic) bond motifs is 12. The topological polar surface area (TPSA) is 185 Å². The Labute approximate surface area is 362 Å². The Morgan fingerprint density at radius 3 is 2.47 bits per heavy atom. The van der Waals surface area contributed by atoms with Crippen molar-refractivity contribution < 1.29 is 29.3 Å². The average molecular weight is 863 g/mol. The summed E-state index contributed by atoms with van der Waals surface area (Å²) in [5, 5.41) is 30.7. The molecule has 336 valence electrons. The maximum Gasteiger partial charge on any atom is 0.303 e. The lowest BCUT2D eigenvalue weighted by Gasteiger charge is -2.45. The number of hydrogen-bond acceptors (Lipinski definition) is 13. The van der Waals surface area contributed by atoms with Crippen molar-refractivity contribution >= 4 is 39.4 Å². The van der Waals surface area contributed by atoms with Crippen molar-refractivity contribution in [3.63, 3.8) is 0 Å². The number of nitrogens with two attached hydrogens (primary N) is 2. The molecule has 59 heavy (non-hydrogen) atoms. The van der Waals surface area contributed by atoms with Crippen molar-refractivity contribution in [2.24, 2.45) is 45.5 Å². The van der Waals surface area contributed by atoms with Gasteiger partial charge in [-0.05, 0) is 132 Å². The van der Waals surface area contributed by atoms with Gasteiger partial charge < -0.3 is 46.7 Å². The number of carbonyl (C=O) groups excluding carboxylic acids is 2. The lowest BCUT2D eigenvalue weighted by Crippen LogP contribution is -2.49. The van der Waals surface area contributed by atoms with Gasteiger partial charge in [0.2, 0.25) is 5.91 Å². The number of rotatable bonds is 5. The van der Waals surface area contributed by atoms with Gasteiger partial charge in [-0.3, -0.25) is 14.6 Å². The highest BCUT2D eigenvalue weighted by atomic mass is 33.1. The van der Waals surface area contributed by atoms with Crippen LogP contribution in [-0.4, -0.2) is 106 Å². The predicted octanol–water partition coefficient (Wildman–Crippen LogP) is 6.36. The molecule has 10 atom stereocenters. The number of aliphatic hydroxyl groups is 2. The van der Waals surface area contributed by atoms with Crippen molar-refractivity contribution in [2.45, 2.75) is 202 Å². The van der Waals surface area contributed by atoms with Gasteiger partial charge in [0.25, 0.3) is 0 Å². The molecule has 8 rings (SSSR count). The Balaban J connectivity index is 1.12. The van der Waals surface area contributed by atoms with E-state index in [2.05, 4.69) is 15.5 Å². The molecule has 0 aromatic rings. The van der Waals surface area contributed by atoms with E-state index in [0.29, 0.717) is 50.8 Å². The minimum atomic E-state index is -0.675. The minimum absolute atomic E-state index is 0.0258. The summed E-state index contributed by atoms with van der Waals surface area (Å²) in [6.07, 6.45) is 21.3. The second kappa shape index (κ2) is 20.9. The third-order valence-corrected chi connectivity index (χ3v) is 18.8. The Bertz CT molecular complexity index is 1420. The molecule has 4 heterocycles. The molecule has 6 bridgehead atoms. The quantitative estimate of drug-likeness (QED) is 0.133. The van der Waals surface area contributed by atoms with Gasteiger partial charge in [-0.1, -0.05) is 60.1 Å². The van der Waals surface area contributed by atoms with Crippen LogP contribution in [-0.2, 0) is 19.1 Å². The highest BCUT2D eigenvalue weighted by Crippen LogP contribution is 2.48. The van der Waals surface area contributed by atoms with Crippen LogP contribution in [0.25, 0.3) is 0 Å². The van der Waals surface area contributed by atoms with Crippen LogP contribution in [0.2, 0.25) is 0 Å². The Kier molecular flexibility index (Phi) is 16.2. The molecule has 4 aliphatic carbocycles. The first-order valence-electron chi connectivity index (χ1n) is 23.8. The highest BCUT2D eigenvalue weighted by Gasteiger charge is 2.49. The standard InChI is InChI=1S/C45H78N6O6S2/c1-31(52)57-44-17-12-32-23-35(41(55)38(24-32)56-36-10-4-5-11-36)29-51-30-43(28-40(51)54,26-33-14-20-48-39(46)25-33)19-21-49-42(47)50-45(15-6-7-16-45)59-58-22-8-2-3-9-34(13-18-44)37(53)27-44/h32-39,41,48,53,55H,2-30,46H2,1H3,(H3,47,49,50)/t32?,33?,34-,35?,37+,38?,39?,41?,43-,44-/m0/s1. The maximum atomic E-state index is 14.2. The fourth-order valence-corrected chi connectivity index (χ4v) is 15.6. The van der Waals surface area contributed by atoms with Gasteiger partial charge >= 0.3 is 5.97 Å². The van der Waals surface area contributed by atoms with E-state index < -0.39 is 17.8 Å². The van der Waals surface area contributed by atoms with Crippen LogP contribution in [0.1, 0.15) is 161 Å². The number of esters is 1. The summed E-state index contributed by atoms with van der Waals surface area (Å²) < 4.78 is 12.9. The van der Waals surface area contributed by atoms with E-state index in [4.69, 9.17) is 25.9 Å². The number of nitrogens with zero attached hydrogens (tertiary/aromatic N) is 2. The fourth-order valence-electron chi connectivity index (χ4n) is 12.5. The molecular weight excluding hydrogens is 785 g/mol. The molecule has 4 saturated carbocycles. The second-order valence-electron chi connectivity index (χ2n) is 20.3. The van der Waals surface area contributed by atoms with Gasteiger partial charge in [0, 0.05) is 51.1 Å². The molecule has 2 saturated heterocycles. The highest BCUT2D eigenvalue weighted by molar-refractivity contribution is 8.77. The minimum Gasteiger partial charge on any atom is -0.459 e. The molecule has 0 aromatic heterocycles. The van der Waals surface area contributed by atoms with E-state index in [1.165, 1.54) is 19.8 Å². The van der Waals surface area contributed by atoms with Crippen LogP contribution < -0.4 is 22.1 Å². The first-order valence-corrected chi connectivity index (χ1v) is 26.1. The maximum absolute atomic E-state index is 14.2. The number of carbonyl (C=O) groups is 2. The number of guanidine groups is 1. The van der Waals surface area contributed by atoms with Crippen molar-refractivity contribution in [1.82, 2.24) is 15.5 Å². The van der Waals surface area contributed by atoms with Crippen molar-refractivity contribution in [3.05, 3.63) is 0 Å². The van der Waals surface area contributed by atoms with E-state index in [0.717, 1.165) is 134 Å². The molecule has 0 aromatic carbocycles. The van der Waals surface area contributed by atoms with E-state index in [1.54, 1.807) is 0 Å². The van der Waals surface area contributed by atoms with Gasteiger partial charge in [0.05, 0.1) is 35.5 Å². The zero-order valence-electron chi connectivity index (χ0n) is 36.1. The van der Waals surface area contributed by atoms with Crippen molar-refractivity contribution in [3.8, 4) is 0 Å². The number of aliphatic imine (C=N–C) groups is 1. The van der Waals surface area contributed by atoms with E-state index in [-0.39, 0.29) is 58.3 Å². The summed E-state index contributed by atoms with van der Waals surface area (Å²) in [5.74, 6) is 2.25. The Hall–Kier alpha value is -1.29. The van der Waals surface area contributed by atoms with Gasteiger partial charge in [-0.15, -0.1) is 0 Å². The van der Waals surface area contributed by atoms with Crippen LogP contribution >= 0.6 is 21.6 Å².